The Morgan fingerprint density at radius 2 is 1.21 bits per heavy atom. The fourth-order valence-electron chi connectivity index (χ4n) is 10.3. The third-order valence-electron chi connectivity index (χ3n) is 14.8. The quantitative estimate of drug-likeness (QED) is 0.00964. The number of thiazole rings is 2. The Labute approximate surface area is 518 Å². The molecule has 0 radical (unpaired) electrons. The third kappa shape index (κ3) is 19.4. The van der Waals surface area contributed by atoms with Crippen LogP contribution in [0.1, 0.15) is 128 Å². The summed E-state index contributed by atoms with van der Waals surface area (Å²) in [5, 5.41) is 39.5. The van der Waals surface area contributed by atoms with Gasteiger partial charge in [-0.3, -0.25) is 14.4 Å². The van der Waals surface area contributed by atoms with Gasteiger partial charge in [0.05, 0.1) is 45.9 Å². The highest BCUT2D eigenvalue weighted by Crippen LogP contribution is 2.47. The predicted molar refractivity (Wildman–Crippen MR) is 342 cm³/mol. The van der Waals surface area contributed by atoms with E-state index in [0.717, 1.165) is 97.8 Å². The Hall–Kier alpha value is -8.24. The Kier molecular flexibility index (Phi) is 26.2. The van der Waals surface area contributed by atoms with E-state index in [-0.39, 0.29) is 29.6 Å². The number of carbonyl (C=O) groups is 4. The van der Waals surface area contributed by atoms with Gasteiger partial charge in [0.2, 0.25) is 11.8 Å². The van der Waals surface area contributed by atoms with Gasteiger partial charge in [-0.25, -0.2) is 14.8 Å². The van der Waals surface area contributed by atoms with Crippen LogP contribution in [0.2, 0.25) is 0 Å². The number of hydrogen-bond donors (Lipinski definition) is 5. The number of rotatable bonds is 29. The molecule has 0 aliphatic heterocycles. The molecule has 5 N–H and O–H groups in total. The van der Waals surface area contributed by atoms with E-state index in [0.29, 0.717) is 107 Å². The van der Waals surface area contributed by atoms with Crippen LogP contribution >= 0.6 is 22.7 Å². The standard InChI is InChI=1S/C33H38N2O6S.C21H26N2O3S.C12H15BO5/c1-6-8-12-23-21-42-32(34-23)35-30(36)20-33(3)15-10-11-22-17-28(38-4)29(19-26(22)33)41-24-13-14-25(31(37)39-5)27(18-24)40-16-9-7-2;1-4-5-8-15-13-27-20(22-15)23-19(25)12-21(2)9-6-7-14-10-18(26-3)17(24)11-16(14)21;1-2-3-6-18-12-7-11(13(15)16)5-4-10(12)8-17-9-14/h6-7,13-14,17-19,21H,1-2,8-12,15-16,20H2,3-5H3,(H,34,35,36);4,10-11,13,24H,1,5-9,12H2,2-3H3,(H,22,23,25);2,4-5,7,9,15-16H,1,3,6,8H2/t33-;21-;/m11./s1. The number of aryl methyl sites for hydroxylation is 4. The Morgan fingerprint density at radius 1 is 0.667 bits per heavy atom. The number of aromatic nitrogens is 2. The summed E-state index contributed by atoms with van der Waals surface area (Å²) in [5.41, 5.74) is 6.86. The lowest BCUT2D eigenvalue weighted by atomic mass is 9.69. The monoisotopic (exact) mass is 1230 g/mol. The molecule has 0 fully saturated rings. The smallest absolute Gasteiger partial charge is 0.488 e. The number of nitrogens with one attached hydrogen (secondary N) is 2. The van der Waals surface area contributed by atoms with E-state index < -0.39 is 18.5 Å². The number of nitrogens with zero attached hydrogens (tertiary/aromatic N) is 2. The van der Waals surface area contributed by atoms with Gasteiger partial charge in [0.1, 0.15) is 29.4 Å². The molecule has 2 aromatic heterocycles. The number of allylic oxidation sites excluding steroid dienone is 2. The number of methoxy groups -OCH3 is 3. The molecule has 4 aromatic carbocycles. The van der Waals surface area contributed by atoms with Crippen molar-refractivity contribution in [1.82, 2.24) is 9.97 Å². The summed E-state index contributed by atoms with van der Waals surface area (Å²) in [6, 6.07) is 17.3. The maximum absolute atomic E-state index is 13.2. The highest BCUT2D eigenvalue weighted by molar-refractivity contribution is 7.14. The molecule has 462 valence electrons. The maximum Gasteiger partial charge on any atom is 0.488 e. The Morgan fingerprint density at radius 3 is 1.72 bits per heavy atom. The minimum atomic E-state index is -1.56. The number of amides is 2. The average Bonchev–Trinajstić information content (AvgIpc) is 1.64. The normalized spacial score (nSPS) is 15.3. The van der Waals surface area contributed by atoms with Crippen LogP contribution in [-0.2, 0) is 67.0 Å². The number of benzene rings is 4. The van der Waals surface area contributed by atoms with Gasteiger partial charge in [0.25, 0.3) is 6.47 Å². The molecule has 2 aliphatic rings. The first-order chi connectivity index (χ1) is 41.9. The van der Waals surface area contributed by atoms with Crippen LogP contribution in [0.4, 0.5) is 10.3 Å². The molecular weight excluding hydrogens is 1150 g/mol. The minimum absolute atomic E-state index is 0.0507. The summed E-state index contributed by atoms with van der Waals surface area (Å²) in [4.78, 5) is 57.4. The van der Waals surface area contributed by atoms with Crippen LogP contribution in [0.25, 0.3) is 0 Å². The number of fused-ring (bicyclic) bond motifs is 2. The van der Waals surface area contributed by atoms with Crippen molar-refractivity contribution >= 4 is 69.8 Å². The van der Waals surface area contributed by atoms with E-state index in [1.165, 1.54) is 41.9 Å². The zero-order valence-corrected chi connectivity index (χ0v) is 51.9. The lowest BCUT2D eigenvalue weighted by Crippen LogP contribution is -2.32. The summed E-state index contributed by atoms with van der Waals surface area (Å²) in [5.74, 6) is 2.37. The summed E-state index contributed by atoms with van der Waals surface area (Å²) in [7, 11) is 2.92. The van der Waals surface area contributed by atoms with Crippen LogP contribution in [0.3, 0.4) is 0 Å². The fourth-order valence-corrected chi connectivity index (χ4v) is 11.8. The van der Waals surface area contributed by atoms with Gasteiger partial charge in [-0.15, -0.1) is 49.0 Å². The SMILES string of the molecule is C=CCCOc1cc(B(O)O)ccc1COC=O.C=CCCOc1cc(Oc2cc3c(cc2OC)CCC[C@]3(C)CC(=O)Nc2nc(CCC=C)cs2)ccc1C(=O)OC.C=CCCc1csc(NC(=O)C[C@@]2(C)CCCc3cc(OC)c(O)cc32)n1. The summed E-state index contributed by atoms with van der Waals surface area (Å²) in [6.45, 7) is 20.2. The maximum atomic E-state index is 13.2. The second-order valence-corrected chi connectivity index (χ2v) is 23.0. The first-order valence-electron chi connectivity index (χ1n) is 28.7. The lowest BCUT2D eigenvalue weighted by Gasteiger charge is -2.36. The second kappa shape index (κ2) is 33.6. The molecule has 0 spiro atoms. The number of esters is 1. The number of ether oxygens (including phenoxy) is 7. The third-order valence-corrected chi connectivity index (χ3v) is 16.4. The second-order valence-electron chi connectivity index (χ2n) is 21.3. The zero-order chi connectivity index (χ0) is 62.9. The van der Waals surface area contributed by atoms with E-state index >= 15 is 0 Å². The van der Waals surface area contributed by atoms with Gasteiger partial charge in [0, 0.05) is 46.1 Å². The van der Waals surface area contributed by atoms with Gasteiger partial charge in [0.15, 0.2) is 33.3 Å². The number of aromatic hydroxyl groups is 1. The molecule has 0 saturated carbocycles. The van der Waals surface area contributed by atoms with E-state index in [1.54, 1.807) is 56.7 Å². The van der Waals surface area contributed by atoms with Gasteiger partial charge in [-0.1, -0.05) is 50.3 Å². The largest absolute Gasteiger partial charge is 0.504 e. The molecule has 2 atom stereocenters. The molecule has 2 aliphatic carbocycles. The molecule has 0 unspecified atom stereocenters. The van der Waals surface area contributed by atoms with Crippen molar-refractivity contribution < 1.29 is 67.5 Å². The number of phenols is 1. The van der Waals surface area contributed by atoms with Crippen LogP contribution in [0.5, 0.6) is 40.2 Å². The molecule has 0 bridgehead atoms. The molecule has 6 aromatic rings. The topological polar surface area (TPSA) is 243 Å². The van der Waals surface area contributed by atoms with Gasteiger partial charge in [-0.2, -0.15) is 0 Å². The highest BCUT2D eigenvalue weighted by atomic mass is 32.1. The van der Waals surface area contributed by atoms with E-state index in [1.807, 2.05) is 41.1 Å². The van der Waals surface area contributed by atoms with E-state index in [9.17, 15) is 24.3 Å². The highest BCUT2D eigenvalue weighted by Gasteiger charge is 2.37. The van der Waals surface area contributed by atoms with Crippen LogP contribution < -0.4 is 39.8 Å². The first kappa shape index (κ1) is 67.9. The molecule has 8 rings (SSSR count). The van der Waals surface area contributed by atoms with Gasteiger partial charge in [-0.05, 0) is 147 Å². The number of carbonyl (C=O) groups excluding carboxylic acids is 4. The van der Waals surface area contributed by atoms with Crippen LogP contribution in [0.15, 0.2) is 122 Å². The molecule has 2 heterocycles. The molecule has 21 heteroatoms. The number of phenolic OH excluding ortho intramolecular Hbond substituents is 1. The van der Waals surface area contributed by atoms with Crippen molar-refractivity contribution in [2.24, 2.45) is 0 Å². The van der Waals surface area contributed by atoms with Crippen molar-refractivity contribution in [3.63, 3.8) is 0 Å². The fraction of sp³-hybridized carbons (Fsp3) is 0.364. The van der Waals surface area contributed by atoms with Gasteiger partial charge >= 0.3 is 13.1 Å². The minimum Gasteiger partial charge on any atom is -0.504 e. The summed E-state index contributed by atoms with van der Waals surface area (Å²) >= 11 is 2.89. The summed E-state index contributed by atoms with van der Waals surface area (Å²) < 4.78 is 38.1. The van der Waals surface area contributed by atoms with Crippen molar-refractivity contribution in [2.75, 3.05) is 45.2 Å². The zero-order valence-electron chi connectivity index (χ0n) is 50.3. The van der Waals surface area contributed by atoms with E-state index in [4.69, 9.17) is 38.5 Å². The van der Waals surface area contributed by atoms with Crippen molar-refractivity contribution in [3.05, 3.63) is 167 Å². The number of anilines is 2. The van der Waals surface area contributed by atoms with Crippen molar-refractivity contribution in [2.45, 2.75) is 121 Å². The Balaban J connectivity index is 0.000000229. The summed E-state index contributed by atoms with van der Waals surface area (Å²) in [6.07, 6.45) is 18.0. The molecule has 2 amide bonds. The van der Waals surface area contributed by atoms with Crippen molar-refractivity contribution in [1.29, 1.82) is 0 Å². The number of hydrogen-bond acceptors (Lipinski definition) is 18. The molecule has 0 saturated heterocycles. The van der Waals surface area contributed by atoms with Gasteiger partial charge < -0.3 is 58.9 Å². The molecular formula is C66H79BN4O14S2. The molecule has 87 heavy (non-hydrogen) atoms. The average molecular weight is 1230 g/mol. The van der Waals surface area contributed by atoms with Crippen LogP contribution in [0, 0.1) is 0 Å². The van der Waals surface area contributed by atoms with Crippen molar-refractivity contribution in [3.8, 4) is 40.2 Å². The van der Waals surface area contributed by atoms with Crippen LogP contribution in [-0.4, -0.2) is 91.0 Å². The molecule has 18 nitrogen and oxygen atoms in total. The Bertz CT molecular complexity index is 3340. The first-order valence-corrected chi connectivity index (χ1v) is 30.4. The predicted octanol–water partition coefficient (Wildman–Crippen LogP) is 12.0. The lowest BCUT2D eigenvalue weighted by molar-refractivity contribution is -0.129. The van der Waals surface area contributed by atoms with E-state index in [2.05, 4.69) is 65.5 Å².